The molecule has 0 spiro atoms. The number of hydrazone groups is 1. The van der Waals surface area contributed by atoms with E-state index < -0.39 is 28.7 Å². The largest absolute Gasteiger partial charge is 0.457 e. The van der Waals surface area contributed by atoms with Crippen LogP contribution in [0.3, 0.4) is 0 Å². The number of benzene rings is 3. The van der Waals surface area contributed by atoms with Gasteiger partial charge in [-0.2, -0.15) is 23.5 Å². The van der Waals surface area contributed by atoms with Gasteiger partial charge in [-0.15, -0.1) is 0 Å². The number of aromatic nitrogens is 1. The first-order valence-electron chi connectivity index (χ1n) is 11.6. The van der Waals surface area contributed by atoms with E-state index in [1.165, 1.54) is 42.7 Å². The third-order valence-electron chi connectivity index (χ3n) is 5.26. The Hall–Kier alpha value is -5.41. The van der Waals surface area contributed by atoms with Crippen molar-refractivity contribution in [3.63, 3.8) is 0 Å². The molecule has 0 aliphatic carbocycles. The van der Waals surface area contributed by atoms with E-state index in [4.69, 9.17) is 21.6 Å². The fourth-order valence-corrected chi connectivity index (χ4v) is 3.55. The molecule has 0 bridgehead atoms. The van der Waals surface area contributed by atoms with E-state index in [1.807, 2.05) is 6.07 Å². The molecule has 0 saturated heterocycles. The third-order valence-corrected chi connectivity index (χ3v) is 5.59. The summed E-state index contributed by atoms with van der Waals surface area (Å²) in [7, 11) is 0. The van der Waals surface area contributed by atoms with Crippen molar-refractivity contribution < 1.29 is 27.5 Å². The minimum absolute atomic E-state index is 0.0466. The lowest BCUT2D eigenvalue weighted by Crippen LogP contribution is -2.19. The lowest BCUT2D eigenvalue weighted by molar-refractivity contribution is -0.137. The van der Waals surface area contributed by atoms with Gasteiger partial charge in [0.1, 0.15) is 17.2 Å². The van der Waals surface area contributed by atoms with Gasteiger partial charge in [-0.05, 0) is 66.2 Å². The number of nitriles is 1. The van der Waals surface area contributed by atoms with Crippen LogP contribution < -0.4 is 20.8 Å². The van der Waals surface area contributed by atoms with Crippen LogP contribution in [0.25, 0.3) is 0 Å². The Morgan fingerprint density at radius 2 is 1.61 bits per heavy atom. The lowest BCUT2D eigenvalue weighted by atomic mass is 10.2. The molecule has 13 heteroatoms. The number of amides is 3. The van der Waals surface area contributed by atoms with Crippen LogP contribution >= 0.6 is 11.6 Å². The number of carbonyl (C=O) groups excluding carboxylic acids is 2. The van der Waals surface area contributed by atoms with Crippen molar-refractivity contribution in [2.24, 2.45) is 5.10 Å². The van der Waals surface area contributed by atoms with E-state index in [9.17, 15) is 22.8 Å². The molecule has 0 aliphatic rings. The molecule has 0 radical (unpaired) electrons. The predicted molar refractivity (Wildman–Crippen MR) is 146 cm³/mol. The van der Waals surface area contributed by atoms with Crippen LogP contribution in [0.2, 0.25) is 5.02 Å². The molecule has 3 N–H and O–H groups in total. The van der Waals surface area contributed by atoms with Gasteiger partial charge in [0.2, 0.25) is 0 Å². The van der Waals surface area contributed by atoms with E-state index >= 15 is 0 Å². The highest BCUT2D eigenvalue weighted by Crippen LogP contribution is 2.36. The van der Waals surface area contributed by atoms with Gasteiger partial charge in [-0.1, -0.05) is 23.7 Å². The van der Waals surface area contributed by atoms with Crippen LogP contribution in [-0.4, -0.2) is 23.1 Å². The van der Waals surface area contributed by atoms with Crippen molar-refractivity contribution in [3.8, 4) is 17.6 Å². The standard InChI is InChI=1S/C28H18ClF3N6O3/c29-24-10-7-20(13-23(24)28(30,31)32)37-27(40)36-19-5-8-21(9-6-19)41-22-11-12-34-25(14-22)26(39)38-35-16-18-3-1-17(15-33)2-4-18/h1-14,16H,(H,38,39)(H2,36,37,40). The number of nitrogens with zero attached hydrogens (tertiary/aromatic N) is 3. The zero-order valence-electron chi connectivity index (χ0n) is 20.7. The minimum Gasteiger partial charge on any atom is -0.457 e. The van der Waals surface area contributed by atoms with Gasteiger partial charge in [0.05, 0.1) is 28.4 Å². The number of rotatable bonds is 7. The minimum atomic E-state index is -4.67. The first kappa shape index (κ1) is 28.6. The zero-order valence-corrected chi connectivity index (χ0v) is 21.5. The van der Waals surface area contributed by atoms with Crippen molar-refractivity contribution in [2.75, 3.05) is 10.6 Å². The molecule has 0 unspecified atom stereocenters. The summed E-state index contributed by atoms with van der Waals surface area (Å²) in [6.45, 7) is 0. The molecular weight excluding hydrogens is 561 g/mol. The molecule has 0 atom stereocenters. The summed E-state index contributed by atoms with van der Waals surface area (Å²) in [5, 5.41) is 17.1. The molecular formula is C28H18ClF3N6O3. The quantitative estimate of drug-likeness (QED) is 0.164. The molecule has 1 aromatic heterocycles. The highest BCUT2D eigenvalue weighted by Gasteiger charge is 2.33. The molecule has 3 aromatic carbocycles. The average molecular weight is 579 g/mol. The Morgan fingerprint density at radius 1 is 0.927 bits per heavy atom. The third kappa shape index (κ3) is 8.04. The van der Waals surface area contributed by atoms with Gasteiger partial charge in [-0.3, -0.25) is 9.78 Å². The van der Waals surface area contributed by atoms with Crippen LogP contribution in [0, 0.1) is 11.3 Å². The topological polar surface area (TPSA) is 128 Å². The number of carbonyl (C=O) groups is 2. The number of anilines is 2. The molecule has 0 saturated carbocycles. The number of pyridine rings is 1. The van der Waals surface area contributed by atoms with Gasteiger partial charge in [0.25, 0.3) is 5.91 Å². The van der Waals surface area contributed by atoms with Crippen LogP contribution in [0.5, 0.6) is 11.5 Å². The number of hydrogen-bond donors (Lipinski definition) is 3. The van der Waals surface area contributed by atoms with Crippen molar-refractivity contribution >= 4 is 41.1 Å². The smallest absolute Gasteiger partial charge is 0.417 e. The number of alkyl halides is 3. The Kier molecular flexibility index (Phi) is 8.81. The zero-order chi connectivity index (χ0) is 29.4. The first-order chi connectivity index (χ1) is 19.6. The maximum absolute atomic E-state index is 13.0. The number of urea groups is 1. The second kappa shape index (κ2) is 12.6. The molecule has 1 heterocycles. The van der Waals surface area contributed by atoms with Crippen LogP contribution in [-0.2, 0) is 6.18 Å². The van der Waals surface area contributed by atoms with Gasteiger partial charge in [0.15, 0.2) is 0 Å². The summed E-state index contributed by atoms with van der Waals surface area (Å²) >= 11 is 5.60. The van der Waals surface area contributed by atoms with E-state index in [0.717, 1.165) is 12.1 Å². The Labute approximate surface area is 236 Å². The Morgan fingerprint density at radius 3 is 2.29 bits per heavy atom. The summed E-state index contributed by atoms with van der Waals surface area (Å²) in [4.78, 5) is 28.7. The number of nitrogens with one attached hydrogen (secondary N) is 3. The van der Waals surface area contributed by atoms with Crippen molar-refractivity contribution in [3.05, 3.63) is 112 Å². The van der Waals surface area contributed by atoms with Crippen LogP contribution in [0.4, 0.5) is 29.3 Å². The fraction of sp³-hybridized carbons (Fsp3) is 0.0357. The van der Waals surface area contributed by atoms with Gasteiger partial charge in [0, 0.05) is 23.6 Å². The van der Waals surface area contributed by atoms with Crippen molar-refractivity contribution in [1.29, 1.82) is 5.26 Å². The molecule has 3 amide bonds. The van der Waals surface area contributed by atoms with Crippen LogP contribution in [0.1, 0.15) is 27.2 Å². The summed E-state index contributed by atoms with van der Waals surface area (Å²) in [5.41, 5.74) is 2.79. The molecule has 206 valence electrons. The highest BCUT2D eigenvalue weighted by atomic mass is 35.5. The summed E-state index contributed by atoms with van der Waals surface area (Å²) in [6, 6.07) is 20.0. The van der Waals surface area contributed by atoms with E-state index in [1.54, 1.807) is 36.4 Å². The SMILES string of the molecule is N#Cc1ccc(C=NNC(=O)c2cc(Oc3ccc(NC(=O)Nc4ccc(Cl)c(C(F)(F)F)c4)cc3)ccn2)cc1. The molecule has 9 nitrogen and oxygen atoms in total. The normalized spacial score (nSPS) is 11.0. The molecule has 41 heavy (non-hydrogen) atoms. The molecule has 0 fully saturated rings. The van der Waals surface area contributed by atoms with Gasteiger partial charge < -0.3 is 15.4 Å². The fourth-order valence-electron chi connectivity index (χ4n) is 3.32. The maximum Gasteiger partial charge on any atom is 0.417 e. The maximum atomic E-state index is 13.0. The average Bonchev–Trinajstić information content (AvgIpc) is 2.95. The second-order valence-corrected chi connectivity index (χ2v) is 8.61. The summed E-state index contributed by atoms with van der Waals surface area (Å²) in [6.07, 6.45) is -1.86. The predicted octanol–water partition coefficient (Wildman–Crippen LogP) is 6.83. The molecule has 0 aliphatic heterocycles. The van der Waals surface area contributed by atoms with Crippen molar-refractivity contribution in [1.82, 2.24) is 10.4 Å². The van der Waals surface area contributed by atoms with Crippen LogP contribution in [0.15, 0.2) is 90.2 Å². The number of ether oxygens (including phenoxy) is 1. The highest BCUT2D eigenvalue weighted by molar-refractivity contribution is 6.31. The van der Waals surface area contributed by atoms with Gasteiger partial charge >= 0.3 is 12.2 Å². The first-order valence-corrected chi connectivity index (χ1v) is 12.0. The number of hydrogen-bond acceptors (Lipinski definition) is 6. The second-order valence-electron chi connectivity index (χ2n) is 8.21. The Balaban J connectivity index is 1.32. The lowest BCUT2D eigenvalue weighted by Gasteiger charge is -2.12. The van der Waals surface area contributed by atoms with Gasteiger partial charge in [-0.25, -0.2) is 10.2 Å². The molecule has 4 rings (SSSR count). The van der Waals surface area contributed by atoms with E-state index in [2.05, 4.69) is 26.1 Å². The summed E-state index contributed by atoms with van der Waals surface area (Å²) < 4.78 is 44.9. The summed E-state index contributed by atoms with van der Waals surface area (Å²) in [5.74, 6) is 0.108. The van der Waals surface area contributed by atoms with E-state index in [-0.39, 0.29) is 11.4 Å². The Bertz CT molecular complexity index is 1640. The number of halogens is 4. The van der Waals surface area contributed by atoms with E-state index in [0.29, 0.717) is 28.3 Å². The molecule has 4 aromatic rings. The van der Waals surface area contributed by atoms with Crippen molar-refractivity contribution in [2.45, 2.75) is 6.18 Å². The monoisotopic (exact) mass is 578 g/mol.